The van der Waals surface area contributed by atoms with Crippen LogP contribution in [0.5, 0.6) is 0 Å². The molecule has 100 valence electrons. The Morgan fingerprint density at radius 2 is 2.47 bits per heavy atom. The molecule has 7 nitrogen and oxygen atoms in total. The molecule has 1 N–H and O–H groups in total. The van der Waals surface area contributed by atoms with Crippen molar-refractivity contribution in [2.75, 3.05) is 13.1 Å². The Labute approximate surface area is 110 Å². The number of likely N-dealkylation sites (tertiary alicyclic amines) is 1. The summed E-state index contributed by atoms with van der Waals surface area (Å²) < 4.78 is 7.93. The number of imidazole rings is 1. The Hall–Kier alpha value is -1.73. The van der Waals surface area contributed by atoms with E-state index in [1.165, 1.54) is 0 Å². The van der Waals surface area contributed by atoms with Gasteiger partial charge in [0.2, 0.25) is 0 Å². The Bertz CT molecular complexity index is 550. The molecule has 4 heterocycles. The summed E-state index contributed by atoms with van der Waals surface area (Å²) in [5.41, 5.74) is 1.07. The van der Waals surface area contributed by atoms with Gasteiger partial charge in [-0.15, -0.1) is 5.10 Å². The number of nitrogens with zero attached hydrogens (tertiary/aromatic N) is 5. The van der Waals surface area contributed by atoms with Crippen LogP contribution in [0.3, 0.4) is 0 Å². The Morgan fingerprint density at radius 1 is 1.47 bits per heavy atom. The summed E-state index contributed by atoms with van der Waals surface area (Å²) in [4.78, 5) is 9.83. The minimum absolute atomic E-state index is 0.266. The van der Waals surface area contributed by atoms with E-state index in [1.54, 1.807) is 12.4 Å². The van der Waals surface area contributed by atoms with E-state index in [0.717, 1.165) is 37.6 Å². The van der Waals surface area contributed by atoms with Crippen LogP contribution in [0.4, 0.5) is 0 Å². The van der Waals surface area contributed by atoms with Crippen LogP contribution in [0.15, 0.2) is 18.6 Å². The van der Waals surface area contributed by atoms with Crippen LogP contribution in [0.25, 0.3) is 0 Å². The highest BCUT2D eigenvalue weighted by Gasteiger charge is 2.36. The lowest BCUT2D eigenvalue weighted by Crippen LogP contribution is -2.47. The average molecular weight is 260 g/mol. The minimum atomic E-state index is 0.266. The maximum Gasteiger partial charge on any atom is 0.120 e. The zero-order valence-corrected chi connectivity index (χ0v) is 10.6. The molecule has 2 aromatic heterocycles. The Morgan fingerprint density at radius 3 is 3.37 bits per heavy atom. The monoisotopic (exact) mass is 260 g/mol. The average Bonchev–Trinajstić information content (AvgIpc) is 3.08. The minimum Gasteiger partial charge on any atom is -0.370 e. The highest BCUT2D eigenvalue weighted by Crippen LogP contribution is 2.30. The second-order valence-corrected chi connectivity index (χ2v) is 5.15. The van der Waals surface area contributed by atoms with Crippen LogP contribution in [-0.2, 0) is 17.9 Å². The number of aromatic amines is 1. The van der Waals surface area contributed by atoms with Crippen molar-refractivity contribution in [3.8, 4) is 0 Å². The maximum atomic E-state index is 5.90. The molecular weight excluding hydrogens is 244 g/mol. The lowest BCUT2D eigenvalue weighted by atomic mass is 10.0. The van der Waals surface area contributed by atoms with Crippen LogP contribution < -0.4 is 0 Å². The topological polar surface area (TPSA) is 71.9 Å². The fraction of sp³-hybridized carbons (Fsp3) is 0.583. The third-order valence-corrected chi connectivity index (χ3v) is 3.94. The van der Waals surface area contributed by atoms with Gasteiger partial charge < -0.3 is 9.72 Å². The van der Waals surface area contributed by atoms with Gasteiger partial charge >= 0.3 is 0 Å². The van der Waals surface area contributed by atoms with E-state index in [2.05, 4.69) is 25.2 Å². The molecule has 0 unspecified atom stereocenters. The molecule has 19 heavy (non-hydrogen) atoms. The van der Waals surface area contributed by atoms with Crippen LogP contribution >= 0.6 is 0 Å². The zero-order chi connectivity index (χ0) is 12.7. The summed E-state index contributed by atoms with van der Waals surface area (Å²) in [6.07, 6.45) is 6.75. The molecule has 0 spiro atoms. The van der Waals surface area contributed by atoms with Crippen molar-refractivity contribution in [3.05, 3.63) is 30.1 Å². The van der Waals surface area contributed by atoms with Crippen molar-refractivity contribution in [1.82, 2.24) is 29.9 Å². The molecule has 0 radical (unpaired) electrons. The van der Waals surface area contributed by atoms with Crippen molar-refractivity contribution in [3.63, 3.8) is 0 Å². The summed E-state index contributed by atoms with van der Waals surface area (Å²) in [5, 5.41) is 8.20. The normalized spacial score (nSPS) is 26.9. The molecule has 1 saturated heterocycles. The molecular formula is C12H16N6O. The molecule has 2 aliphatic rings. The third-order valence-electron chi connectivity index (χ3n) is 3.94. The number of H-pyrrole nitrogens is 1. The predicted octanol–water partition coefficient (Wildman–Crippen LogP) is 0.347. The Balaban J connectivity index is 1.52. The fourth-order valence-electron chi connectivity index (χ4n) is 2.98. The summed E-state index contributed by atoms with van der Waals surface area (Å²) in [6.45, 7) is 3.44. The van der Waals surface area contributed by atoms with E-state index in [0.29, 0.717) is 6.61 Å². The second kappa shape index (κ2) is 4.43. The molecule has 1 fully saturated rings. The first-order valence-electron chi connectivity index (χ1n) is 6.61. The van der Waals surface area contributed by atoms with Gasteiger partial charge in [-0.25, -0.2) is 9.67 Å². The second-order valence-electron chi connectivity index (χ2n) is 5.15. The quantitative estimate of drug-likeness (QED) is 0.843. The van der Waals surface area contributed by atoms with Crippen LogP contribution in [0, 0.1) is 0 Å². The van der Waals surface area contributed by atoms with Crippen molar-refractivity contribution in [2.24, 2.45) is 0 Å². The van der Waals surface area contributed by atoms with E-state index < -0.39 is 0 Å². The van der Waals surface area contributed by atoms with Crippen molar-refractivity contribution in [2.45, 2.75) is 31.7 Å². The number of nitrogens with one attached hydrogen (secondary N) is 1. The van der Waals surface area contributed by atoms with Gasteiger partial charge in [0.05, 0.1) is 37.2 Å². The predicted molar refractivity (Wildman–Crippen MR) is 66.1 cm³/mol. The van der Waals surface area contributed by atoms with Crippen molar-refractivity contribution >= 4 is 0 Å². The van der Waals surface area contributed by atoms with Gasteiger partial charge in [-0.2, -0.15) is 0 Å². The first-order valence-corrected chi connectivity index (χ1v) is 6.61. The summed E-state index contributed by atoms with van der Waals surface area (Å²) in [6, 6.07) is 0.273. The molecule has 7 heteroatoms. The molecule has 2 atom stereocenters. The van der Waals surface area contributed by atoms with E-state index in [-0.39, 0.29) is 12.1 Å². The van der Waals surface area contributed by atoms with E-state index in [1.807, 2.05) is 10.9 Å². The molecule has 2 aromatic rings. The lowest BCUT2D eigenvalue weighted by Gasteiger charge is -2.40. The summed E-state index contributed by atoms with van der Waals surface area (Å²) in [5.74, 6) is 1.01. The summed E-state index contributed by atoms with van der Waals surface area (Å²) in [7, 11) is 0. The standard InChI is InChI=1S/C12H16N6O/c1-4-17(7-12-13-2-3-14-12)6-10-11(1)19-8-9-5-15-16-18(9)10/h2-3,5,10-11H,1,4,6-8H2,(H,13,14)/t10-,11-/m1/s1. The van der Waals surface area contributed by atoms with Crippen molar-refractivity contribution in [1.29, 1.82) is 0 Å². The maximum absolute atomic E-state index is 5.90. The highest BCUT2D eigenvalue weighted by atomic mass is 16.5. The number of hydrogen-bond donors (Lipinski definition) is 1. The largest absolute Gasteiger partial charge is 0.370 e. The van der Waals surface area contributed by atoms with Gasteiger partial charge in [0, 0.05) is 25.5 Å². The van der Waals surface area contributed by atoms with Crippen LogP contribution in [0.1, 0.15) is 24.0 Å². The number of hydrogen-bond acceptors (Lipinski definition) is 5. The number of aromatic nitrogens is 5. The van der Waals surface area contributed by atoms with Gasteiger partial charge in [-0.05, 0) is 6.42 Å². The smallest absolute Gasteiger partial charge is 0.120 e. The fourth-order valence-corrected chi connectivity index (χ4v) is 2.98. The first-order chi connectivity index (χ1) is 9.40. The zero-order valence-electron chi connectivity index (χ0n) is 10.6. The first kappa shape index (κ1) is 11.1. The van der Waals surface area contributed by atoms with Gasteiger partial charge in [-0.1, -0.05) is 5.21 Å². The number of piperidine rings is 1. The number of ether oxygens (including phenoxy) is 1. The summed E-state index contributed by atoms with van der Waals surface area (Å²) >= 11 is 0. The number of fused-ring (bicyclic) bond motifs is 3. The molecule has 0 amide bonds. The molecule has 4 rings (SSSR count). The highest BCUT2D eigenvalue weighted by molar-refractivity contribution is 5.01. The molecule has 2 aliphatic heterocycles. The van der Waals surface area contributed by atoms with Gasteiger partial charge in [0.25, 0.3) is 0 Å². The van der Waals surface area contributed by atoms with Crippen LogP contribution in [-0.4, -0.2) is 49.1 Å². The number of rotatable bonds is 2. The molecule has 0 saturated carbocycles. The Kier molecular flexibility index (Phi) is 2.59. The van der Waals surface area contributed by atoms with E-state index in [9.17, 15) is 0 Å². The van der Waals surface area contributed by atoms with Gasteiger partial charge in [0.1, 0.15) is 5.82 Å². The van der Waals surface area contributed by atoms with E-state index in [4.69, 9.17) is 4.74 Å². The van der Waals surface area contributed by atoms with E-state index >= 15 is 0 Å². The van der Waals surface area contributed by atoms with Crippen LogP contribution in [0.2, 0.25) is 0 Å². The van der Waals surface area contributed by atoms with Gasteiger partial charge in [0.15, 0.2) is 0 Å². The van der Waals surface area contributed by atoms with Crippen molar-refractivity contribution < 1.29 is 4.74 Å². The third kappa shape index (κ3) is 1.95. The SMILES string of the molecule is c1c[nH]c(CN2CC[C@H]3OCc4cnnn4[C@@H]3C2)n1. The molecule has 0 bridgehead atoms. The molecule has 0 aliphatic carbocycles. The lowest BCUT2D eigenvalue weighted by molar-refractivity contribution is -0.0672. The van der Waals surface area contributed by atoms with Gasteiger partial charge in [-0.3, -0.25) is 4.90 Å². The molecule has 0 aromatic carbocycles.